The molecular formula is C15H21BrN2O3. The molecule has 1 aliphatic heterocycles. The highest BCUT2D eigenvalue weighted by atomic mass is 79.9. The maximum absolute atomic E-state index is 11.8. The largest absolute Gasteiger partial charge is 0.492 e. The molecule has 2 N–H and O–H groups in total. The van der Waals surface area contributed by atoms with Crippen molar-refractivity contribution < 1.29 is 14.3 Å². The molecule has 0 aromatic heterocycles. The van der Waals surface area contributed by atoms with Gasteiger partial charge in [-0.15, -0.1) is 0 Å². The third-order valence-corrected chi connectivity index (χ3v) is 3.66. The summed E-state index contributed by atoms with van der Waals surface area (Å²) >= 11 is 3.42. The van der Waals surface area contributed by atoms with Crippen LogP contribution in [0.15, 0.2) is 22.7 Å². The average Bonchev–Trinajstić information content (AvgIpc) is 2.27. The maximum atomic E-state index is 11.8. The molecule has 0 spiro atoms. The lowest BCUT2D eigenvalue weighted by atomic mass is 10.0. The van der Waals surface area contributed by atoms with Crippen molar-refractivity contribution in [3.63, 3.8) is 0 Å². The van der Waals surface area contributed by atoms with E-state index in [4.69, 9.17) is 15.2 Å². The number of halogens is 1. The second-order valence-electron chi connectivity index (χ2n) is 6.25. The van der Waals surface area contributed by atoms with Crippen molar-refractivity contribution in [3.05, 3.63) is 22.7 Å². The summed E-state index contributed by atoms with van der Waals surface area (Å²) in [6, 6.07) is 5.45. The first-order valence-corrected chi connectivity index (χ1v) is 7.69. The van der Waals surface area contributed by atoms with Gasteiger partial charge in [-0.25, -0.2) is 4.79 Å². The summed E-state index contributed by atoms with van der Waals surface area (Å²) in [6.07, 6.45) is -0.257. The molecule has 1 aromatic carbocycles. The van der Waals surface area contributed by atoms with Crippen molar-refractivity contribution in [2.75, 3.05) is 25.4 Å². The van der Waals surface area contributed by atoms with Crippen LogP contribution in [0.5, 0.6) is 5.75 Å². The summed E-state index contributed by atoms with van der Waals surface area (Å²) < 4.78 is 11.9. The molecule has 1 aliphatic rings. The number of hydrogen-bond acceptors (Lipinski definition) is 4. The van der Waals surface area contributed by atoms with E-state index in [0.717, 1.165) is 10.2 Å². The Bertz CT molecular complexity index is 522. The van der Waals surface area contributed by atoms with Crippen LogP contribution in [0.3, 0.4) is 0 Å². The molecule has 21 heavy (non-hydrogen) atoms. The van der Waals surface area contributed by atoms with Crippen LogP contribution in [-0.4, -0.2) is 36.3 Å². The molecule has 116 valence electrons. The molecule has 2 rings (SSSR count). The maximum Gasteiger partial charge on any atom is 0.410 e. The Balaban J connectivity index is 1.75. The molecule has 1 fully saturated rings. The van der Waals surface area contributed by atoms with Gasteiger partial charge in [-0.05, 0) is 54.9 Å². The van der Waals surface area contributed by atoms with E-state index in [1.807, 2.05) is 32.9 Å². The Kier molecular flexibility index (Phi) is 4.66. The Morgan fingerprint density at radius 2 is 2.10 bits per heavy atom. The van der Waals surface area contributed by atoms with Crippen LogP contribution >= 0.6 is 15.9 Å². The smallest absolute Gasteiger partial charge is 0.410 e. The number of carbonyl (C=O) groups excluding carboxylic acids is 1. The number of carbonyl (C=O) groups is 1. The molecule has 0 aliphatic carbocycles. The summed E-state index contributed by atoms with van der Waals surface area (Å²) in [5.74, 6) is 1.10. The zero-order valence-electron chi connectivity index (χ0n) is 12.6. The average molecular weight is 357 g/mol. The van der Waals surface area contributed by atoms with E-state index in [2.05, 4.69) is 15.9 Å². The fourth-order valence-electron chi connectivity index (χ4n) is 1.99. The van der Waals surface area contributed by atoms with Crippen LogP contribution < -0.4 is 10.5 Å². The molecule has 0 unspecified atom stereocenters. The van der Waals surface area contributed by atoms with Gasteiger partial charge >= 0.3 is 6.09 Å². The molecule has 0 atom stereocenters. The molecular weight excluding hydrogens is 336 g/mol. The summed E-state index contributed by atoms with van der Waals surface area (Å²) in [6.45, 7) is 7.50. The van der Waals surface area contributed by atoms with Gasteiger partial charge < -0.3 is 20.1 Å². The van der Waals surface area contributed by atoms with Gasteiger partial charge in [0.15, 0.2) is 0 Å². The number of nitrogens with two attached hydrogens (primary N) is 1. The van der Waals surface area contributed by atoms with Crippen molar-refractivity contribution in [3.8, 4) is 5.75 Å². The van der Waals surface area contributed by atoms with Crippen LogP contribution in [0.2, 0.25) is 0 Å². The van der Waals surface area contributed by atoms with E-state index >= 15 is 0 Å². The molecule has 5 nitrogen and oxygen atoms in total. The number of amides is 1. The lowest BCUT2D eigenvalue weighted by Gasteiger charge is -2.39. The van der Waals surface area contributed by atoms with E-state index in [9.17, 15) is 4.79 Å². The number of nitrogens with zero attached hydrogens (tertiary/aromatic N) is 1. The van der Waals surface area contributed by atoms with Crippen molar-refractivity contribution in [1.82, 2.24) is 4.90 Å². The number of likely N-dealkylation sites (tertiary alicyclic amines) is 1. The first-order valence-electron chi connectivity index (χ1n) is 6.90. The fraction of sp³-hybridized carbons (Fsp3) is 0.533. The predicted octanol–water partition coefficient (Wildman–Crippen LogP) is 3.28. The zero-order chi connectivity index (χ0) is 15.6. The minimum absolute atomic E-state index is 0.257. The zero-order valence-corrected chi connectivity index (χ0v) is 14.1. The third-order valence-electron chi connectivity index (χ3n) is 3.04. The summed E-state index contributed by atoms with van der Waals surface area (Å²) in [5, 5.41) is 0. The summed E-state index contributed by atoms with van der Waals surface area (Å²) in [5.41, 5.74) is 5.92. The van der Waals surface area contributed by atoms with Gasteiger partial charge in [0.2, 0.25) is 0 Å². The van der Waals surface area contributed by atoms with Crippen molar-refractivity contribution in [2.45, 2.75) is 26.4 Å². The monoisotopic (exact) mass is 356 g/mol. The van der Waals surface area contributed by atoms with Gasteiger partial charge in [0.1, 0.15) is 11.4 Å². The number of nitrogen functional groups attached to an aromatic ring is 1. The number of hydrogen-bond donors (Lipinski definition) is 1. The van der Waals surface area contributed by atoms with E-state index in [-0.39, 0.29) is 6.09 Å². The van der Waals surface area contributed by atoms with Crippen LogP contribution in [0.4, 0.5) is 10.5 Å². The normalized spacial score (nSPS) is 15.5. The van der Waals surface area contributed by atoms with E-state index < -0.39 is 5.60 Å². The number of anilines is 1. The fourth-order valence-corrected chi connectivity index (χ4v) is 2.50. The molecule has 6 heteroatoms. The highest BCUT2D eigenvalue weighted by Gasteiger charge is 2.34. The van der Waals surface area contributed by atoms with Crippen molar-refractivity contribution in [1.29, 1.82) is 0 Å². The Morgan fingerprint density at radius 3 is 2.67 bits per heavy atom. The highest BCUT2D eigenvalue weighted by molar-refractivity contribution is 9.10. The summed E-state index contributed by atoms with van der Waals surface area (Å²) in [7, 11) is 0. The molecule has 1 saturated heterocycles. The van der Waals surface area contributed by atoms with Gasteiger partial charge in [0, 0.05) is 24.7 Å². The molecule has 1 heterocycles. The van der Waals surface area contributed by atoms with E-state index in [1.165, 1.54) is 0 Å². The summed E-state index contributed by atoms with van der Waals surface area (Å²) in [4.78, 5) is 13.5. The predicted molar refractivity (Wildman–Crippen MR) is 85.3 cm³/mol. The standard InChI is InChI=1S/C15H21BrN2O3/c1-15(2,3)21-14(19)18-7-10(8-18)9-20-13-5-4-11(17)6-12(13)16/h4-6,10H,7-9,17H2,1-3H3. The van der Waals surface area contributed by atoms with E-state index in [0.29, 0.717) is 31.3 Å². The van der Waals surface area contributed by atoms with Gasteiger partial charge in [0.25, 0.3) is 0 Å². The minimum Gasteiger partial charge on any atom is -0.492 e. The van der Waals surface area contributed by atoms with Crippen LogP contribution in [-0.2, 0) is 4.74 Å². The van der Waals surface area contributed by atoms with Gasteiger partial charge in [-0.3, -0.25) is 0 Å². The first-order chi connectivity index (χ1) is 9.74. The first kappa shape index (κ1) is 15.9. The number of ether oxygens (including phenoxy) is 2. The van der Waals surface area contributed by atoms with Gasteiger partial charge in [-0.1, -0.05) is 0 Å². The van der Waals surface area contributed by atoms with Gasteiger partial charge in [-0.2, -0.15) is 0 Å². The Morgan fingerprint density at radius 1 is 1.43 bits per heavy atom. The SMILES string of the molecule is CC(C)(C)OC(=O)N1CC(COc2ccc(N)cc2Br)C1. The van der Waals surface area contributed by atoms with Crippen molar-refractivity contribution in [2.24, 2.45) is 5.92 Å². The lowest BCUT2D eigenvalue weighted by molar-refractivity contribution is -0.00785. The lowest BCUT2D eigenvalue weighted by Crippen LogP contribution is -2.53. The van der Waals surface area contributed by atoms with Crippen LogP contribution in [0.1, 0.15) is 20.8 Å². The second kappa shape index (κ2) is 6.13. The molecule has 0 bridgehead atoms. The number of benzene rings is 1. The third kappa shape index (κ3) is 4.52. The molecule has 1 amide bonds. The van der Waals surface area contributed by atoms with E-state index in [1.54, 1.807) is 11.0 Å². The molecule has 1 aromatic rings. The molecule has 0 saturated carbocycles. The Labute approximate surface area is 133 Å². The Hall–Kier alpha value is -1.43. The quantitative estimate of drug-likeness (QED) is 0.844. The van der Waals surface area contributed by atoms with Gasteiger partial charge in [0.05, 0.1) is 11.1 Å². The topological polar surface area (TPSA) is 64.8 Å². The van der Waals surface area contributed by atoms with Crippen LogP contribution in [0, 0.1) is 5.92 Å². The molecule has 0 radical (unpaired) electrons. The number of rotatable bonds is 3. The van der Waals surface area contributed by atoms with Crippen LogP contribution in [0.25, 0.3) is 0 Å². The minimum atomic E-state index is -0.451. The highest BCUT2D eigenvalue weighted by Crippen LogP contribution is 2.28. The second-order valence-corrected chi connectivity index (χ2v) is 7.11. The van der Waals surface area contributed by atoms with Crippen molar-refractivity contribution >= 4 is 27.7 Å².